The molecule has 1 aromatic carbocycles. The van der Waals surface area contributed by atoms with Crippen molar-refractivity contribution in [3.05, 3.63) is 67.8 Å². The standard InChI is InChI=1S/C28H34N4O2S2/c1-4-6-7-8-9-13-16-32-27(34)24(36-28(32)35)17-22-20(3)23(18-29)26(33)31(5-2)25(22)30-19-21-14-11-10-12-15-21/h10-12,14-15,17,30H,4-9,13,16,19H2,1-3H3/b24-17+. The largest absolute Gasteiger partial charge is 0.367 e. The summed E-state index contributed by atoms with van der Waals surface area (Å²) in [5.41, 5.74) is 2.05. The highest BCUT2D eigenvalue weighted by atomic mass is 32.2. The van der Waals surface area contributed by atoms with Crippen LogP contribution in [0.5, 0.6) is 0 Å². The zero-order chi connectivity index (χ0) is 26.1. The summed E-state index contributed by atoms with van der Waals surface area (Å²) >= 11 is 6.82. The Labute approximate surface area is 223 Å². The van der Waals surface area contributed by atoms with E-state index in [1.54, 1.807) is 22.5 Å². The number of rotatable bonds is 12. The molecule has 3 rings (SSSR count). The summed E-state index contributed by atoms with van der Waals surface area (Å²) in [7, 11) is 0. The van der Waals surface area contributed by atoms with Crippen LogP contribution < -0.4 is 10.9 Å². The minimum Gasteiger partial charge on any atom is -0.367 e. The molecule has 190 valence electrons. The fourth-order valence-electron chi connectivity index (χ4n) is 4.31. The summed E-state index contributed by atoms with van der Waals surface area (Å²) < 4.78 is 2.12. The zero-order valence-electron chi connectivity index (χ0n) is 21.3. The number of amides is 1. The first-order valence-corrected chi connectivity index (χ1v) is 13.9. The molecule has 0 unspecified atom stereocenters. The van der Waals surface area contributed by atoms with Gasteiger partial charge in [-0.2, -0.15) is 5.26 Å². The number of carbonyl (C=O) groups is 1. The quantitative estimate of drug-likeness (QED) is 0.202. The van der Waals surface area contributed by atoms with Gasteiger partial charge < -0.3 is 5.32 Å². The van der Waals surface area contributed by atoms with Gasteiger partial charge >= 0.3 is 0 Å². The molecule has 36 heavy (non-hydrogen) atoms. The summed E-state index contributed by atoms with van der Waals surface area (Å²) in [6.45, 7) is 7.34. The average Bonchev–Trinajstić information content (AvgIpc) is 3.14. The van der Waals surface area contributed by atoms with Crippen molar-refractivity contribution in [3.8, 4) is 6.07 Å². The van der Waals surface area contributed by atoms with E-state index in [4.69, 9.17) is 12.2 Å². The molecule has 0 bridgehead atoms. The number of thiocarbonyl (C=S) groups is 1. The van der Waals surface area contributed by atoms with Crippen LogP contribution in [0.4, 0.5) is 5.82 Å². The van der Waals surface area contributed by atoms with Crippen LogP contribution in [0.15, 0.2) is 40.0 Å². The molecule has 0 atom stereocenters. The minimum absolute atomic E-state index is 0.0934. The molecule has 1 fully saturated rings. The molecule has 0 saturated carbocycles. The highest BCUT2D eigenvalue weighted by Crippen LogP contribution is 2.35. The number of hydrogen-bond acceptors (Lipinski definition) is 6. The van der Waals surface area contributed by atoms with E-state index in [0.717, 1.165) is 18.4 Å². The second-order valence-corrected chi connectivity index (χ2v) is 10.5. The van der Waals surface area contributed by atoms with Crippen molar-refractivity contribution in [1.82, 2.24) is 9.47 Å². The third kappa shape index (κ3) is 6.45. The zero-order valence-corrected chi connectivity index (χ0v) is 22.9. The first-order chi connectivity index (χ1) is 17.4. The molecule has 1 saturated heterocycles. The van der Waals surface area contributed by atoms with E-state index in [1.165, 1.54) is 37.4 Å². The van der Waals surface area contributed by atoms with E-state index in [1.807, 2.05) is 37.3 Å². The Morgan fingerprint density at radius 3 is 2.44 bits per heavy atom. The van der Waals surface area contributed by atoms with Crippen molar-refractivity contribution in [2.24, 2.45) is 0 Å². The Balaban J connectivity index is 1.91. The van der Waals surface area contributed by atoms with Crippen molar-refractivity contribution in [3.63, 3.8) is 0 Å². The van der Waals surface area contributed by atoms with Gasteiger partial charge in [-0.1, -0.05) is 93.3 Å². The number of unbranched alkanes of at least 4 members (excludes halogenated alkanes) is 5. The number of pyridine rings is 1. The maximum absolute atomic E-state index is 13.3. The Morgan fingerprint density at radius 1 is 1.08 bits per heavy atom. The highest BCUT2D eigenvalue weighted by Gasteiger charge is 2.32. The fourth-order valence-corrected chi connectivity index (χ4v) is 5.60. The number of nitrogens with one attached hydrogen (secondary N) is 1. The highest BCUT2D eigenvalue weighted by molar-refractivity contribution is 8.26. The van der Waals surface area contributed by atoms with Crippen LogP contribution in [0.2, 0.25) is 0 Å². The molecule has 0 radical (unpaired) electrons. The summed E-state index contributed by atoms with van der Waals surface area (Å²) in [5.74, 6) is 0.490. The molecule has 1 aromatic heterocycles. The van der Waals surface area contributed by atoms with Gasteiger partial charge in [-0.25, -0.2) is 0 Å². The van der Waals surface area contributed by atoms with Crippen LogP contribution in [0.1, 0.15) is 74.6 Å². The maximum Gasteiger partial charge on any atom is 0.270 e. The van der Waals surface area contributed by atoms with E-state index in [0.29, 0.717) is 45.8 Å². The summed E-state index contributed by atoms with van der Waals surface area (Å²) in [5, 5.41) is 13.1. The summed E-state index contributed by atoms with van der Waals surface area (Å²) in [6, 6.07) is 12.0. The molecule has 0 aliphatic carbocycles. The Kier molecular flexibility index (Phi) is 10.3. The van der Waals surface area contributed by atoms with Crippen molar-refractivity contribution in [2.45, 2.75) is 72.4 Å². The minimum atomic E-state index is -0.333. The van der Waals surface area contributed by atoms with E-state index in [9.17, 15) is 14.9 Å². The lowest BCUT2D eigenvalue weighted by Crippen LogP contribution is -2.29. The number of anilines is 1. The molecule has 1 aliphatic rings. The predicted octanol–water partition coefficient (Wildman–Crippen LogP) is 6.22. The normalized spacial score (nSPS) is 14.5. The smallest absolute Gasteiger partial charge is 0.270 e. The monoisotopic (exact) mass is 522 g/mol. The number of benzene rings is 1. The van der Waals surface area contributed by atoms with Crippen LogP contribution >= 0.6 is 24.0 Å². The number of hydrogen-bond donors (Lipinski definition) is 1. The van der Waals surface area contributed by atoms with E-state index < -0.39 is 0 Å². The van der Waals surface area contributed by atoms with Gasteiger partial charge in [-0.3, -0.25) is 19.1 Å². The van der Waals surface area contributed by atoms with Crippen LogP contribution in [0, 0.1) is 18.3 Å². The predicted molar refractivity (Wildman–Crippen MR) is 153 cm³/mol. The topological polar surface area (TPSA) is 78.1 Å². The lowest BCUT2D eigenvalue weighted by Gasteiger charge is -2.19. The van der Waals surface area contributed by atoms with Crippen molar-refractivity contribution >= 4 is 46.1 Å². The molecule has 0 spiro atoms. The lowest BCUT2D eigenvalue weighted by molar-refractivity contribution is -0.122. The third-order valence-corrected chi connectivity index (χ3v) is 7.76. The van der Waals surface area contributed by atoms with Gasteiger partial charge in [0.2, 0.25) is 0 Å². The van der Waals surface area contributed by atoms with Gasteiger partial charge in [0.15, 0.2) is 0 Å². The molecular weight excluding hydrogens is 488 g/mol. The van der Waals surface area contributed by atoms with Crippen molar-refractivity contribution in [2.75, 3.05) is 11.9 Å². The van der Waals surface area contributed by atoms with E-state index in [-0.39, 0.29) is 17.0 Å². The van der Waals surface area contributed by atoms with E-state index >= 15 is 0 Å². The number of nitrogens with zero attached hydrogens (tertiary/aromatic N) is 3. The van der Waals surface area contributed by atoms with Crippen molar-refractivity contribution < 1.29 is 4.79 Å². The number of nitriles is 1. The maximum atomic E-state index is 13.3. The Hall–Kier alpha value is -2.89. The van der Waals surface area contributed by atoms with Gasteiger partial charge in [0.25, 0.3) is 11.5 Å². The van der Waals surface area contributed by atoms with Crippen LogP contribution in [-0.4, -0.2) is 26.2 Å². The molecule has 1 aliphatic heterocycles. The number of aromatic nitrogens is 1. The molecule has 1 amide bonds. The third-order valence-electron chi connectivity index (χ3n) is 6.38. The van der Waals surface area contributed by atoms with Crippen LogP contribution in [0.25, 0.3) is 6.08 Å². The Morgan fingerprint density at radius 2 is 1.78 bits per heavy atom. The van der Waals surface area contributed by atoms with Gasteiger partial charge in [0, 0.05) is 25.2 Å². The summed E-state index contributed by atoms with van der Waals surface area (Å²) in [4.78, 5) is 28.5. The first-order valence-electron chi connectivity index (χ1n) is 12.6. The van der Waals surface area contributed by atoms with Crippen LogP contribution in [-0.2, 0) is 17.9 Å². The second-order valence-electron chi connectivity index (χ2n) is 8.86. The fraction of sp³-hybridized carbons (Fsp3) is 0.429. The number of thioether (sulfide) groups is 1. The molecule has 6 nitrogen and oxygen atoms in total. The Bertz CT molecular complexity index is 1230. The molecule has 2 aromatic rings. The number of carbonyl (C=O) groups excluding carboxylic acids is 1. The molecule has 2 heterocycles. The molecular formula is C28H34N4O2S2. The van der Waals surface area contributed by atoms with Gasteiger partial charge in [0.05, 0.1) is 4.91 Å². The van der Waals surface area contributed by atoms with Crippen LogP contribution in [0.3, 0.4) is 0 Å². The molecule has 8 heteroatoms. The average molecular weight is 523 g/mol. The van der Waals surface area contributed by atoms with Gasteiger partial charge in [0.1, 0.15) is 21.8 Å². The van der Waals surface area contributed by atoms with Crippen molar-refractivity contribution in [1.29, 1.82) is 5.26 Å². The lowest BCUT2D eigenvalue weighted by atomic mass is 10.0. The van der Waals surface area contributed by atoms with Gasteiger partial charge in [-0.05, 0) is 37.5 Å². The second kappa shape index (κ2) is 13.4. The SMILES string of the molecule is CCCCCCCCN1C(=O)/C(=C\c2c(C)c(C#N)c(=O)n(CC)c2NCc2ccccc2)SC1=S. The first kappa shape index (κ1) is 27.7. The summed E-state index contributed by atoms with van der Waals surface area (Å²) in [6.07, 6.45) is 8.64. The van der Waals surface area contributed by atoms with Gasteiger partial charge in [-0.15, -0.1) is 0 Å². The van der Waals surface area contributed by atoms with E-state index in [2.05, 4.69) is 18.3 Å². The molecule has 1 N–H and O–H groups in total.